The lowest BCUT2D eigenvalue weighted by Crippen LogP contribution is -2.71. The number of nitrogens with one attached hydrogen (secondary N) is 1. The summed E-state index contributed by atoms with van der Waals surface area (Å²) < 4.78 is 3.88. The first-order chi connectivity index (χ1) is 12.9. The van der Waals surface area contributed by atoms with Crippen LogP contribution in [0.25, 0.3) is 0 Å². The van der Waals surface area contributed by atoms with Crippen LogP contribution in [-0.2, 0) is 19.2 Å². The lowest BCUT2D eigenvalue weighted by Gasteiger charge is -2.49. The third kappa shape index (κ3) is 3.33. The molecule has 0 bridgehead atoms. The van der Waals surface area contributed by atoms with Gasteiger partial charge in [0.05, 0.1) is 6.61 Å². The summed E-state index contributed by atoms with van der Waals surface area (Å²) in [7, 11) is 1.23. The molecule has 1 aromatic heterocycles. The van der Waals surface area contributed by atoms with E-state index in [2.05, 4.69) is 24.7 Å². The lowest BCUT2D eigenvalue weighted by atomic mass is 10.0. The minimum Gasteiger partial charge on any atom is -0.477 e. The van der Waals surface area contributed by atoms with Crippen LogP contribution in [0.4, 0.5) is 5.13 Å². The van der Waals surface area contributed by atoms with Crippen molar-refractivity contribution in [3.8, 4) is 0 Å². The molecular weight excluding hydrogens is 400 g/mol. The fourth-order valence-electron chi connectivity index (χ4n) is 2.62. The summed E-state index contributed by atoms with van der Waals surface area (Å²) in [5.41, 5.74) is 5.23. The van der Waals surface area contributed by atoms with Gasteiger partial charge in [0.2, 0.25) is 11.5 Å². The minimum absolute atomic E-state index is 0.0505. The number of hydrogen-bond acceptors (Lipinski definition) is 11. The molecule has 1 saturated heterocycles. The smallest absolute Gasteiger partial charge is 0.352 e. The molecule has 3 rings (SSSR count). The molecule has 0 spiro atoms. The number of fused-ring (bicyclic) bond motifs is 1. The van der Waals surface area contributed by atoms with Crippen molar-refractivity contribution in [3.05, 3.63) is 17.1 Å². The summed E-state index contributed by atoms with van der Waals surface area (Å²) in [5.74, 6) is -2.51. The van der Waals surface area contributed by atoms with Gasteiger partial charge < -0.3 is 26.1 Å². The average Bonchev–Trinajstić information content (AvgIpc) is 3.08. The number of aromatic nitrogens is 2. The summed E-state index contributed by atoms with van der Waals surface area (Å²) in [5, 5.41) is 24.2. The van der Waals surface area contributed by atoms with Crippen molar-refractivity contribution in [3.63, 3.8) is 0 Å². The molecule has 2 aliphatic rings. The average molecular weight is 414 g/mol. The highest BCUT2D eigenvalue weighted by Crippen LogP contribution is 2.40. The molecule has 5 N–H and O–H groups in total. The van der Waals surface area contributed by atoms with E-state index in [9.17, 15) is 24.6 Å². The Morgan fingerprint density at radius 3 is 2.81 bits per heavy atom. The van der Waals surface area contributed by atoms with E-state index in [0.717, 1.165) is 16.4 Å². The molecule has 27 heavy (non-hydrogen) atoms. The zero-order valence-electron chi connectivity index (χ0n) is 13.8. The van der Waals surface area contributed by atoms with Crippen molar-refractivity contribution >= 4 is 51.9 Å². The highest BCUT2D eigenvalue weighted by molar-refractivity contribution is 8.00. The summed E-state index contributed by atoms with van der Waals surface area (Å²) in [6.45, 7) is -0.469. The van der Waals surface area contributed by atoms with Crippen LogP contribution in [0, 0.1) is 0 Å². The van der Waals surface area contributed by atoms with Gasteiger partial charge in [0.15, 0.2) is 5.13 Å². The second-order valence-corrected chi connectivity index (χ2v) is 7.24. The third-order valence-electron chi connectivity index (χ3n) is 3.78. The van der Waals surface area contributed by atoms with Crippen LogP contribution < -0.4 is 11.1 Å². The van der Waals surface area contributed by atoms with Crippen molar-refractivity contribution in [1.29, 1.82) is 0 Å². The molecule has 14 heteroatoms. The number of aliphatic carboxylic acids is 1. The van der Waals surface area contributed by atoms with Crippen LogP contribution in [-0.4, -0.2) is 78.9 Å². The number of hydrogen-bond donors (Lipinski definition) is 4. The van der Waals surface area contributed by atoms with Gasteiger partial charge in [-0.05, 0) is 5.57 Å². The number of carboxylic acids is 1. The molecule has 2 atom stereocenters. The topological polar surface area (TPSA) is 180 Å². The van der Waals surface area contributed by atoms with Gasteiger partial charge in [-0.15, -0.1) is 11.8 Å². The van der Waals surface area contributed by atoms with Gasteiger partial charge in [-0.1, -0.05) is 5.16 Å². The quantitative estimate of drug-likeness (QED) is 0.236. The predicted octanol–water partition coefficient (Wildman–Crippen LogP) is -1.80. The SMILES string of the molecule is CO/N=C(\C(=O)NC1C(=O)N2C(C(=O)O)=C(CO)CS[C@@H]12)c1nsc(N)n1. The molecule has 0 saturated carbocycles. The molecule has 1 unspecified atom stereocenters. The van der Waals surface area contributed by atoms with Gasteiger partial charge in [-0.2, -0.15) is 9.36 Å². The third-order valence-corrected chi connectivity index (χ3v) is 5.66. The van der Waals surface area contributed by atoms with Gasteiger partial charge in [0.1, 0.15) is 24.2 Å². The van der Waals surface area contributed by atoms with Gasteiger partial charge in [0, 0.05) is 17.3 Å². The minimum atomic E-state index is -1.31. The van der Waals surface area contributed by atoms with Crippen LogP contribution in [0.1, 0.15) is 5.82 Å². The molecule has 0 aliphatic carbocycles. The molecule has 12 nitrogen and oxygen atoms in total. The molecule has 3 heterocycles. The number of β-lactam (4-membered cyclic amide) rings is 1. The number of aliphatic hydroxyl groups is 1. The van der Waals surface area contributed by atoms with Crippen molar-refractivity contribution in [1.82, 2.24) is 19.6 Å². The Bertz CT molecular complexity index is 867. The van der Waals surface area contributed by atoms with E-state index in [0.29, 0.717) is 0 Å². The summed E-state index contributed by atoms with van der Waals surface area (Å²) in [4.78, 5) is 45.9. The van der Waals surface area contributed by atoms with Gasteiger partial charge in [-0.25, -0.2) is 4.79 Å². The fourth-order valence-corrected chi connectivity index (χ4v) is 4.39. The van der Waals surface area contributed by atoms with Crippen molar-refractivity contribution in [2.24, 2.45) is 5.16 Å². The lowest BCUT2D eigenvalue weighted by molar-refractivity contribution is -0.150. The first-order valence-electron chi connectivity index (χ1n) is 7.41. The molecular formula is C13H14N6O6S2. The van der Waals surface area contributed by atoms with Crippen LogP contribution in [0.3, 0.4) is 0 Å². The zero-order valence-corrected chi connectivity index (χ0v) is 15.4. The second kappa shape index (κ2) is 7.50. The Labute approximate surface area is 160 Å². The summed E-state index contributed by atoms with van der Waals surface area (Å²) in [6.07, 6.45) is 0. The van der Waals surface area contributed by atoms with Crippen LogP contribution in [0.2, 0.25) is 0 Å². The van der Waals surface area contributed by atoms with Crippen molar-refractivity contribution < 1.29 is 29.4 Å². The van der Waals surface area contributed by atoms with Gasteiger partial charge in [-0.3, -0.25) is 14.5 Å². The number of aliphatic hydroxyl groups excluding tert-OH is 1. The molecule has 1 fully saturated rings. The van der Waals surface area contributed by atoms with E-state index in [4.69, 9.17) is 5.73 Å². The Kier molecular flexibility index (Phi) is 5.29. The maximum Gasteiger partial charge on any atom is 0.352 e. The van der Waals surface area contributed by atoms with Crippen molar-refractivity contribution in [2.45, 2.75) is 11.4 Å². The number of nitrogens with zero attached hydrogens (tertiary/aromatic N) is 4. The Morgan fingerprint density at radius 2 is 2.26 bits per heavy atom. The highest BCUT2D eigenvalue weighted by atomic mass is 32.2. The van der Waals surface area contributed by atoms with Crippen LogP contribution in [0.5, 0.6) is 0 Å². The summed E-state index contributed by atoms with van der Waals surface area (Å²) in [6, 6.07) is -0.963. The summed E-state index contributed by atoms with van der Waals surface area (Å²) >= 11 is 2.10. The van der Waals surface area contributed by atoms with E-state index >= 15 is 0 Å². The highest BCUT2D eigenvalue weighted by Gasteiger charge is 2.54. The van der Waals surface area contributed by atoms with Crippen LogP contribution in [0.15, 0.2) is 16.4 Å². The Hall–Kier alpha value is -2.71. The van der Waals surface area contributed by atoms with E-state index in [1.165, 1.54) is 18.9 Å². The number of anilines is 1. The number of nitrogen functional groups attached to an aromatic ring is 1. The normalized spacial score (nSPS) is 22.2. The molecule has 2 aliphatic heterocycles. The maximum atomic E-state index is 12.5. The Morgan fingerprint density at radius 1 is 1.52 bits per heavy atom. The second-order valence-electron chi connectivity index (χ2n) is 5.36. The largest absolute Gasteiger partial charge is 0.477 e. The first kappa shape index (κ1) is 19.1. The zero-order chi connectivity index (χ0) is 19.7. The predicted molar refractivity (Wildman–Crippen MR) is 94.6 cm³/mol. The number of amides is 2. The van der Waals surface area contributed by atoms with Crippen LogP contribution >= 0.6 is 23.3 Å². The van der Waals surface area contributed by atoms with E-state index in [1.807, 2.05) is 0 Å². The number of carbonyl (C=O) groups is 3. The monoisotopic (exact) mass is 414 g/mol. The van der Waals surface area contributed by atoms with Crippen molar-refractivity contribution in [2.75, 3.05) is 25.2 Å². The fraction of sp³-hybridized carbons (Fsp3) is 0.385. The van der Waals surface area contributed by atoms with E-state index in [1.54, 1.807) is 0 Å². The molecule has 0 radical (unpaired) electrons. The van der Waals surface area contributed by atoms with Gasteiger partial charge >= 0.3 is 5.97 Å². The molecule has 2 amide bonds. The first-order valence-corrected chi connectivity index (χ1v) is 9.23. The maximum absolute atomic E-state index is 12.5. The number of carbonyl (C=O) groups excluding carboxylic acids is 2. The van der Waals surface area contributed by atoms with E-state index in [-0.39, 0.29) is 33.7 Å². The molecule has 0 aromatic carbocycles. The molecule has 1 aromatic rings. The number of carboxylic acid groups (broad SMARTS) is 1. The number of rotatable bonds is 6. The standard InChI is InChI=1S/C13H14N6O6S2/c1-25-17-5(8-16-13(14)27-18-8)9(21)15-6-10(22)19-7(12(23)24)4(2-20)3-26-11(6)19/h6,11,20H,2-3H2,1H3,(H,15,21)(H,23,24)(H2,14,16,18)/b17-5-/t6?,11-/m0/s1. The Balaban J connectivity index is 1.79. The molecule has 144 valence electrons. The number of thioether (sulfide) groups is 1. The number of nitrogens with two attached hydrogens (primary N) is 1. The van der Waals surface area contributed by atoms with E-state index < -0.39 is 35.8 Å². The number of oxime groups is 1. The van der Waals surface area contributed by atoms with Gasteiger partial charge in [0.25, 0.3) is 11.8 Å².